The smallest absolute Gasteiger partial charge is 0.214 e. The molecule has 78 valence electrons. The SMILES string of the molecule is COCCS(=O)(=O)NC(C)C(C)=O. The largest absolute Gasteiger partial charge is 0.384 e. The fraction of sp³-hybridized carbons (Fsp3) is 0.857. The Morgan fingerprint density at radius 2 is 2.08 bits per heavy atom. The molecule has 0 heterocycles. The van der Waals surface area contributed by atoms with Crippen LogP contribution in [0.25, 0.3) is 0 Å². The van der Waals surface area contributed by atoms with Gasteiger partial charge < -0.3 is 4.74 Å². The van der Waals surface area contributed by atoms with Crippen molar-refractivity contribution in [2.24, 2.45) is 0 Å². The molecule has 0 aliphatic heterocycles. The van der Waals surface area contributed by atoms with Gasteiger partial charge in [-0.3, -0.25) is 4.79 Å². The lowest BCUT2D eigenvalue weighted by Crippen LogP contribution is -2.39. The number of Topliss-reactive ketones (excluding diaryl/α,β-unsaturated/α-hetero) is 1. The maximum Gasteiger partial charge on any atom is 0.214 e. The highest BCUT2D eigenvalue weighted by atomic mass is 32.2. The first-order chi connectivity index (χ1) is 5.89. The third-order valence-corrected chi connectivity index (χ3v) is 2.94. The summed E-state index contributed by atoms with van der Waals surface area (Å²) < 4.78 is 29.2. The lowest BCUT2D eigenvalue weighted by Gasteiger charge is -2.10. The molecule has 5 nitrogen and oxygen atoms in total. The van der Waals surface area contributed by atoms with Crippen LogP contribution in [-0.2, 0) is 19.6 Å². The Hall–Kier alpha value is -0.460. The number of carbonyl (C=O) groups excluding carboxylic acids is 1. The van der Waals surface area contributed by atoms with E-state index in [9.17, 15) is 13.2 Å². The van der Waals surface area contributed by atoms with E-state index in [0.717, 1.165) is 0 Å². The molecule has 0 saturated heterocycles. The summed E-state index contributed by atoms with van der Waals surface area (Å²) in [5.41, 5.74) is 0. The summed E-state index contributed by atoms with van der Waals surface area (Å²) in [6, 6.07) is -0.665. The summed E-state index contributed by atoms with van der Waals surface area (Å²) in [6.07, 6.45) is 0. The van der Waals surface area contributed by atoms with E-state index in [-0.39, 0.29) is 18.1 Å². The number of sulfonamides is 1. The van der Waals surface area contributed by atoms with Crippen molar-refractivity contribution in [2.75, 3.05) is 19.5 Å². The Labute approximate surface area is 78.5 Å². The first-order valence-corrected chi connectivity index (χ1v) is 5.53. The first kappa shape index (κ1) is 12.5. The predicted molar refractivity (Wildman–Crippen MR) is 48.9 cm³/mol. The molecule has 0 radical (unpaired) electrons. The van der Waals surface area contributed by atoms with Gasteiger partial charge >= 0.3 is 0 Å². The second-order valence-corrected chi connectivity index (χ2v) is 4.64. The normalized spacial score (nSPS) is 14.1. The van der Waals surface area contributed by atoms with Gasteiger partial charge in [0, 0.05) is 7.11 Å². The summed E-state index contributed by atoms with van der Waals surface area (Å²) in [4.78, 5) is 10.7. The fourth-order valence-corrected chi connectivity index (χ4v) is 1.81. The molecule has 0 fully saturated rings. The van der Waals surface area contributed by atoms with Crippen molar-refractivity contribution in [3.05, 3.63) is 0 Å². The number of carbonyl (C=O) groups is 1. The lowest BCUT2D eigenvalue weighted by atomic mass is 10.3. The van der Waals surface area contributed by atoms with E-state index in [1.807, 2.05) is 0 Å². The Balaban J connectivity index is 4.10. The highest BCUT2D eigenvalue weighted by molar-refractivity contribution is 7.89. The summed E-state index contributed by atoms with van der Waals surface area (Å²) in [6.45, 7) is 2.97. The molecule has 0 amide bonds. The zero-order valence-electron chi connectivity index (χ0n) is 8.03. The Morgan fingerprint density at radius 1 is 1.54 bits per heavy atom. The standard InChI is InChI=1S/C7H15NO4S/c1-6(7(2)9)8-13(10,11)5-4-12-3/h6,8H,4-5H2,1-3H3. The summed E-state index contributed by atoms with van der Waals surface area (Å²) in [5.74, 6) is -0.331. The molecule has 0 rings (SSSR count). The van der Waals surface area contributed by atoms with Crippen molar-refractivity contribution < 1.29 is 17.9 Å². The minimum absolute atomic E-state index is 0.124. The van der Waals surface area contributed by atoms with Gasteiger partial charge in [0.25, 0.3) is 0 Å². The second kappa shape index (κ2) is 5.31. The topological polar surface area (TPSA) is 72.5 Å². The van der Waals surface area contributed by atoms with E-state index in [1.165, 1.54) is 21.0 Å². The van der Waals surface area contributed by atoms with Crippen molar-refractivity contribution in [2.45, 2.75) is 19.9 Å². The van der Waals surface area contributed by atoms with Crippen LogP contribution in [0.2, 0.25) is 0 Å². The van der Waals surface area contributed by atoms with E-state index in [2.05, 4.69) is 9.46 Å². The fourth-order valence-electron chi connectivity index (χ4n) is 0.604. The van der Waals surface area contributed by atoms with Crippen LogP contribution in [0.15, 0.2) is 0 Å². The molecule has 0 spiro atoms. The Kier molecular flexibility index (Phi) is 5.12. The van der Waals surface area contributed by atoms with Gasteiger partial charge in [-0.2, -0.15) is 0 Å². The molecule has 0 aromatic carbocycles. The van der Waals surface area contributed by atoms with Crippen molar-refractivity contribution in [3.63, 3.8) is 0 Å². The first-order valence-electron chi connectivity index (χ1n) is 3.88. The average Bonchev–Trinajstić information content (AvgIpc) is 2.00. The number of hydrogen-bond donors (Lipinski definition) is 1. The maximum atomic E-state index is 11.2. The maximum absolute atomic E-state index is 11.2. The van der Waals surface area contributed by atoms with Crippen LogP contribution < -0.4 is 4.72 Å². The molecule has 1 N–H and O–H groups in total. The number of rotatable bonds is 6. The van der Waals surface area contributed by atoms with Crippen LogP contribution >= 0.6 is 0 Å². The highest BCUT2D eigenvalue weighted by Gasteiger charge is 2.16. The number of nitrogens with one attached hydrogen (secondary N) is 1. The van der Waals surface area contributed by atoms with Crippen LogP contribution in [0.5, 0.6) is 0 Å². The van der Waals surface area contributed by atoms with Crippen LogP contribution in [-0.4, -0.2) is 39.7 Å². The van der Waals surface area contributed by atoms with E-state index in [1.54, 1.807) is 0 Å². The molecule has 0 aromatic rings. The van der Waals surface area contributed by atoms with Gasteiger partial charge in [0.15, 0.2) is 0 Å². The minimum Gasteiger partial charge on any atom is -0.384 e. The third-order valence-electron chi connectivity index (χ3n) is 1.52. The average molecular weight is 209 g/mol. The van der Waals surface area contributed by atoms with Gasteiger partial charge in [-0.1, -0.05) is 0 Å². The summed E-state index contributed by atoms with van der Waals surface area (Å²) >= 11 is 0. The van der Waals surface area contributed by atoms with Crippen molar-refractivity contribution in [3.8, 4) is 0 Å². The van der Waals surface area contributed by atoms with Crippen molar-refractivity contribution >= 4 is 15.8 Å². The minimum atomic E-state index is -3.38. The number of ketones is 1. The molecule has 0 aliphatic carbocycles. The molecule has 1 unspecified atom stereocenters. The van der Waals surface area contributed by atoms with Crippen LogP contribution in [0, 0.1) is 0 Å². The van der Waals surface area contributed by atoms with E-state index >= 15 is 0 Å². The molecule has 1 atom stereocenters. The number of hydrogen-bond acceptors (Lipinski definition) is 4. The quantitative estimate of drug-likeness (QED) is 0.642. The monoisotopic (exact) mass is 209 g/mol. The van der Waals surface area contributed by atoms with Gasteiger partial charge in [-0.15, -0.1) is 0 Å². The van der Waals surface area contributed by atoms with Crippen LogP contribution in [0.1, 0.15) is 13.8 Å². The van der Waals surface area contributed by atoms with Crippen LogP contribution in [0.3, 0.4) is 0 Å². The van der Waals surface area contributed by atoms with Crippen molar-refractivity contribution in [1.82, 2.24) is 4.72 Å². The van der Waals surface area contributed by atoms with Gasteiger partial charge in [-0.25, -0.2) is 13.1 Å². The molecule has 0 bridgehead atoms. The molecule has 0 aromatic heterocycles. The van der Waals surface area contributed by atoms with E-state index in [0.29, 0.717) is 0 Å². The lowest BCUT2D eigenvalue weighted by molar-refractivity contribution is -0.118. The molecular weight excluding hydrogens is 194 g/mol. The van der Waals surface area contributed by atoms with E-state index in [4.69, 9.17) is 0 Å². The summed E-state index contributed by atoms with van der Waals surface area (Å²) in [7, 11) is -1.96. The Morgan fingerprint density at radius 3 is 2.46 bits per heavy atom. The molecule has 13 heavy (non-hydrogen) atoms. The molecule has 6 heteroatoms. The van der Waals surface area contributed by atoms with Gasteiger partial charge in [0.2, 0.25) is 10.0 Å². The van der Waals surface area contributed by atoms with Crippen molar-refractivity contribution in [1.29, 1.82) is 0 Å². The third kappa shape index (κ3) is 5.73. The zero-order chi connectivity index (χ0) is 10.5. The van der Waals surface area contributed by atoms with Crippen LogP contribution in [0.4, 0.5) is 0 Å². The van der Waals surface area contributed by atoms with Gasteiger partial charge in [0.05, 0.1) is 18.4 Å². The molecule has 0 aliphatic rings. The molecular formula is C7H15NO4S. The summed E-state index contributed by atoms with van der Waals surface area (Å²) in [5, 5.41) is 0. The van der Waals surface area contributed by atoms with E-state index < -0.39 is 16.1 Å². The molecule has 0 saturated carbocycles. The van der Waals surface area contributed by atoms with Gasteiger partial charge in [0.1, 0.15) is 5.78 Å². The van der Waals surface area contributed by atoms with Gasteiger partial charge in [-0.05, 0) is 13.8 Å². The number of ether oxygens (including phenoxy) is 1. The second-order valence-electron chi connectivity index (χ2n) is 2.76. The number of methoxy groups -OCH3 is 1. The highest BCUT2D eigenvalue weighted by Crippen LogP contribution is 1.90. The predicted octanol–water partition coefficient (Wildman–Crippen LogP) is -0.470. The Bertz CT molecular complexity index is 260. The zero-order valence-corrected chi connectivity index (χ0v) is 8.85.